The summed E-state index contributed by atoms with van der Waals surface area (Å²) in [6.07, 6.45) is -2.53. The predicted molar refractivity (Wildman–Crippen MR) is 69.6 cm³/mol. The first-order valence-corrected chi connectivity index (χ1v) is 6.19. The van der Waals surface area contributed by atoms with E-state index in [4.69, 9.17) is 5.11 Å². The Hall–Kier alpha value is -1.33. The lowest BCUT2D eigenvalue weighted by Gasteiger charge is -2.27. The van der Waals surface area contributed by atoms with Gasteiger partial charge in [-0.2, -0.15) is 0 Å². The summed E-state index contributed by atoms with van der Waals surface area (Å²) in [7, 11) is 0. The molecule has 1 rings (SSSR count). The van der Waals surface area contributed by atoms with E-state index in [1.54, 1.807) is 19.1 Å². The summed E-state index contributed by atoms with van der Waals surface area (Å²) in [5.74, 6) is -0.214. The molecular formula is C14H19F2NO2. The normalized spacial score (nSPS) is 13.0. The van der Waals surface area contributed by atoms with Gasteiger partial charge in [0, 0.05) is 12.1 Å². The molecule has 1 N–H and O–H groups in total. The molecule has 106 valence electrons. The molecule has 0 heterocycles. The molecule has 0 aliphatic carbocycles. The van der Waals surface area contributed by atoms with Crippen molar-refractivity contribution < 1.29 is 18.7 Å². The molecular weight excluding hydrogens is 252 g/mol. The van der Waals surface area contributed by atoms with Crippen LogP contribution >= 0.6 is 0 Å². The highest BCUT2D eigenvalue weighted by Gasteiger charge is 2.24. The van der Waals surface area contributed by atoms with Crippen LogP contribution in [0.15, 0.2) is 24.3 Å². The number of halogens is 2. The number of hydrogen-bond donors (Lipinski definition) is 1. The minimum absolute atomic E-state index is 0.0586. The number of Topliss-reactive ketones (excluding diaryl/α,β-unsaturated/α-hetero) is 1. The van der Waals surface area contributed by atoms with Gasteiger partial charge in [0.05, 0.1) is 19.2 Å². The van der Waals surface area contributed by atoms with E-state index in [1.807, 2.05) is 19.1 Å². The molecule has 1 unspecified atom stereocenters. The predicted octanol–water partition coefficient (Wildman–Crippen LogP) is 2.13. The van der Waals surface area contributed by atoms with Crippen molar-refractivity contribution in [2.24, 2.45) is 0 Å². The van der Waals surface area contributed by atoms with Crippen LogP contribution in [0.1, 0.15) is 22.8 Å². The van der Waals surface area contributed by atoms with Crippen molar-refractivity contribution >= 4 is 5.78 Å². The fourth-order valence-corrected chi connectivity index (χ4v) is 1.87. The summed E-state index contributed by atoms with van der Waals surface area (Å²) in [4.78, 5) is 13.5. The van der Waals surface area contributed by atoms with Crippen LogP contribution in [-0.2, 0) is 0 Å². The van der Waals surface area contributed by atoms with Crippen molar-refractivity contribution in [3.63, 3.8) is 0 Å². The summed E-state index contributed by atoms with van der Waals surface area (Å²) in [5.41, 5.74) is 1.53. The monoisotopic (exact) mass is 271 g/mol. The van der Waals surface area contributed by atoms with Crippen LogP contribution in [0.25, 0.3) is 0 Å². The molecule has 1 atom stereocenters. The highest BCUT2D eigenvalue weighted by atomic mass is 19.3. The maximum Gasteiger partial charge on any atom is 0.251 e. The molecule has 1 aromatic rings. The molecule has 3 nitrogen and oxygen atoms in total. The van der Waals surface area contributed by atoms with E-state index in [-0.39, 0.29) is 18.9 Å². The van der Waals surface area contributed by atoms with E-state index in [9.17, 15) is 13.6 Å². The van der Waals surface area contributed by atoms with Crippen molar-refractivity contribution in [1.82, 2.24) is 4.90 Å². The summed E-state index contributed by atoms with van der Waals surface area (Å²) >= 11 is 0. The zero-order chi connectivity index (χ0) is 14.4. The van der Waals surface area contributed by atoms with E-state index in [2.05, 4.69) is 0 Å². The van der Waals surface area contributed by atoms with Crippen molar-refractivity contribution in [3.05, 3.63) is 35.4 Å². The topological polar surface area (TPSA) is 40.5 Å². The van der Waals surface area contributed by atoms with Crippen LogP contribution in [0.3, 0.4) is 0 Å². The smallest absolute Gasteiger partial charge is 0.251 e. The van der Waals surface area contributed by atoms with Gasteiger partial charge < -0.3 is 5.11 Å². The third kappa shape index (κ3) is 4.69. The molecule has 0 saturated heterocycles. The lowest BCUT2D eigenvalue weighted by atomic mass is 10.0. The van der Waals surface area contributed by atoms with Gasteiger partial charge in [-0.25, -0.2) is 8.78 Å². The summed E-state index contributed by atoms with van der Waals surface area (Å²) < 4.78 is 24.9. The fourth-order valence-electron chi connectivity index (χ4n) is 1.87. The summed E-state index contributed by atoms with van der Waals surface area (Å²) in [6, 6.07) is 6.32. The Balaban J connectivity index is 2.80. The Morgan fingerprint density at radius 1 is 1.32 bits per heavy atom. The van der Waals surface area contributed by atoms with Gasteiger partial charge in [0.25, 0.3) is 6.43 Å². The molecule has 5 heteroatoms. The number of aryl methyl sites for hydroxylation is 1. The lowest BCUT2D eigenvalue weighted by Crippen LogP contribution is -2.43. The molecule has 0 aliphatic rings. The quantitative estimate of drug-likeness (QED) is 0.772. The van der Waals surface area contributed by atoms with Gasteiger partial charge in [0.15, 0.2) is 5.78 Å². The number of carbonyl (C=O) groups excluding carboxylic acids is 1. The summed E-state index contributed by atoms with van der Waals surface area (Å²) in [5, 5.41) is 8.89. The van der Waals surface area contributed by atoms with Crippen LogP contribution in [0.5, 0.6) is 0 Å². The Bertz CT molecular complexity index is 406. The number of aliphatic hydroxyl groups is 1. The van der Waals surface area contributed by atoms with Crippen LogP contribution in [0, 0.1) is 6.92 Å². The Kier molecular flexibility index (Phi) is 6.05. The average molecular weight is 271 g/mol. The largest absolute Gasteiger partial charge is 0.395 e. The highest BCUT2D eigenvalue weighted by Crippen LogP contribution is 2.12. The number of hydrogen-bond acceptors (Lipinski definition) is 3. The third-order valence-electron chi connectivity index (χ3n) is 3.02. The number of benzene rings is 1. The second-order valence-electron chi connectivity index (χ2n) is 4.52. The number of ketones is 1. The Labute approximate surface area is 111 Å². The molecule has 0 aliphatic heterocycles. The molecule has 0 aromatic heterocycles. The first kappa shape index (κ1) is 15.7. The highest BCUT2D eigenvalue weighted by molar-refractivity contribution is 5.99. The molecule has 1 aromatic carbocycles. The van der Waals surface area contributed by atoms with E-state index < -0.39 is 19.0 Å². The minimum atomic E-state index is -2.53. The SMILES string of the molecule is Cc1ccc(C(=O)C(C)N(CCO)CC(F)F)cc1. The first-order chi connectivity index (χ1) is 8.95. The second-order valence-corrected chi connectivity index (χ2v) is 4.52. The van der Waals surface area contributed by atoms with Crippen LogP contribution < -0.4 is 0 Å². The van der Waals surface area contributed by atoms with Gasteiger partial charge in [-0.05, 0) is 13.8 Å². The van der Waals surface area contributed by atoms with Gasteiger partial charge in [-0.3, -0.25) is 9.69 Å². The number of aliphatic hydroxyl groups excluding tert-OH is 1. The van der Waals surface area contributed by atoms with Crippen LogP contribution in [0.2, 0.25) is 0 Å². The van der Waals surface area contributed by atoms with E-state index in [0.717, 1.165) is 5.56 Å². The van der Waals surface area contributed by atoms with Gasteiger partial charge >= 0.3 is 0 Å². The Morgan fingerprint density at radius 2 is 1.89 bits per heavy atom. The molecule has 0 amide bonds. The van der Waals surface area contributed by atoms with Crippen LogP contribution in [-0.4, -0.2) is 48.0 Å². The molecule has 0 fully saturated rings. The number of nitrogens with zero attached hydrogens (tertiary/aromatic N) is 1. The molecule has 0 saturated carbocycles. The van der Waals surface area contributed by atoms with Gasteiger partial charge in [0.2, 0.25) is 0 Å². The van der Waals surface area contributed by atoms with Crippen molar-refractivity contribution in [2.75, 3.05) is 19.7 Å². The molecule has 0 bridgehead atoms. The van der Waals surface area contributed by atoms with Crippen molar-refractivity contribution in [3.8, 4) is 0 Å². The molecule has 0 spiro atoms. The maximum absolute atomic E-state index is 12.5. The zero-order valence-electron chi connectivity index (χ0n) is 11.1. The second kappa shape index (κ2) is 7.31. The third-order valence-corrected chi connectivity index (χ3v) is 3.02. The first-order valence-electron chi connectivity index (χ1n) is 6.19. The van der Waals surface area contributed by atoms with E-state index in [1.165, 1.54) is 4.90 Å². The van der Waals surface area contributed by atoms with E-state index in [0.29, 0.717) is 5.56 Å². The minimum Gasteiger partial charge on any atom is -0.395 e. The van der Waals surface area contributed by atoms with Crippen LogP contribution in [0.4, 0.5) is 8.78 Å². The van der Waals surface area contributed by atoms with Gasteiger partial charge in [-0.1, -0.05) is 29.8 Å². The van der Waals surface area contributed by atoms with E-state index >= 15 is 0 Å². The number of rotatable bonds is 7. The molecule has 0 radical (unpaired) electrons. The van der Waals surface area contributed by atoms with Gasteiger partial charge in [-0.15, -0.1) is 0 Å². The number of alkyl halides is 2. The average Bonchev–Trinajstić information content (AvgIpc) is 2.37. The Morgan fingerprint density at radius 3 is 2.37 bits per heavy atom. The summed E-state index contributed by atoms with van der Waals surface area (Å²) in [6.45, 7) is 2.79. The fraction of sp³-hybridized carbons (Fsp3) is 0.500. The molecule has 19 heavy (non-hydrogen) atoms. The number of carbonyl (C=O) groups is 1. The maximum atomic E-state index is 12.5. The van der Waals surface area contributed by atoms with Crippen molar-refractivity contribution in [2.45, 2.75) is 26.3 Å². The lowest BCUT2D eigenvalue weighted by molar-refractivity contribution is 0.0515. The van der Waals surface area contributed by atoms with Crippen molar-refractivity contribution in [1.29, 1.82) is 0 Å². The standard InChI is InChI=1S/C14H19F2NO2/c1-10-3-5-12(6-4-10)14(19)11(2)17(7-8-18)9-13(15)16/h3-6,11,13,18H,7-9H2,1-2H3. The zero-order valence-corrected chi connectivity index (χ0v) is 11.1. The van der Waals surface area contributed by atoms with Gasteiger partial charge in [0.1, 0.15) is 0 Å².